The van der Waals surface area contributed by atoms with Gasteiger partial charge in [0.05, 0.1) is 6.54 Å². The Hall–Kier alpha value is -1.83. The second-order valence-corrected chi connectivity index (χ2v) is 7.35. The SMILES string of the molecule is C/N=c1\scc(CN2CCN(C(=O)OC(C)(C)C)CC2=O)n1C. The van der Waals surface area contributed by atoms with Gasteiger partial charge in [-0.25, -0.2) is 4.79 Å². The lowest BCUT2D eigenvalue weighted by Crippen LogP contribution is -2.52. The van der Waals surface area contributed by atoms with E-state index in [1.54, 1.807) is 23.3 Å². The highest BCUT2D eigenvalue weighted by Crippen LogP contribution is 2.14. The zero-order valence-corrected chi connectivity index (χ0v) is 15.1. The van der Waals surface area contributed by atoms with E-state index in [1.807, 2.05) is 37.8 Å². The van der Waals surface area contributed by atoms with Crippen molar-refractivity contribution >= 4 is 23.3 Å². The standard InChI is InChI=1S/C15H24N4O3S/c1-15(2,3)22-14(21)19-7-6-18(12(20)9-19)8-11-10-23-13(16-4)17(11)5/h10H,6-9H2,1-5H3/b16-13-. The number of hydrogen-bond acceptors (Lipinski definition) is 5. The van der Waals surface area contributed by atoms with Crippen molar-refractivity contribution in [2.75, 3.05) is 26.7 Å². The number of nitrogens with zero attached hydrogens (tertiary/aromatic N) is 4. The first-order valence-electron chi connectivity index (χ1n) is 7.53. The molecule has 1 saturated heterocycles. The van der Waals surface area contributed by atoms with Crippen LogP contribution in [0.25, 0.3) is 0 Å². The minimum atomic E-state index is -0.554. The maximum atomic E-state index is 12.3. The van der Waals surface area contributed by atoms with E-state index in [4.69, 9.17) is 4.74 Å². The highest BCUT2D eigenvalue weighted by atomic mass is 32.1. The highest BCUT2D eigenvalue weighted by molar-refractivity contribution is 7.07. The topological polar surface area (TPSA) is 67.1 Å². The predicted octanol–water partition coefficient (Wildman–Crippen LogP) is 1.20. The Morgan fingerprint density at radius 2 is 2.09 bits per heavy atom. The maximum Gasteiger partial charge on any atom is 0.410 e. The number of ether oxygens (including phenoxy) is 1. The molecule has 2 heterocycles. The van der Waals surface area contributed by atoms with Crippen LogP contribution in [0.15, 0.2) is 10.4 Å². The summed E-state index contributed by atoms with van der Waals surface area (Å²) in [7, 11) is 3.69. The molecule has 0 aromatic carbocycles. The summed E-state index contributed by atoms with van der Waals surface area (Å²) < 4.78 is 7.30. The van der Waals surface area contributed by atoms with Crippen molar-refractivity contribution in [3.8, 4) is 0 Å². The summed E-state index contributed by atoms with van der Waals surface area (Å²) in [6.45, 7) is 7.03. The van der Waals surface area contributed by atoms with Crippen LogP contribution in [0.2, 0.25) is 0 Å². The molecule has 8 heteroatoms. The quantitative estimate of drug-likeness (QED) is 0.812. The van der Waals surface area contributed by atoms with Gasteiger partial charge in [-0.05, 0) is 20.8 Å². The number of piperazine rings is 1. The Labute approximate surface area is 140 Å². The van der Waals surface area contributed by atoms with Crippen molar-refractivity contribution in [2.24, 2.45) is 12.0 Å². The molecule has 1 aliphatic heterocycles. The Kier molecular flexibility index (Phi) is 5.13. The molecule has 0 unspecified atom stereocenters. The summed E-state index contributed by atoms with van der Waals surface area (Å²) >= 11 is 1.55. The fraction of sp³-hybridized carbons (Fsp3) is 0.667. The zero-order chi connectivity index (χ0) is 17.2. The third-order valence-electron chi connectivity index (χ3n) is 3.53. The molecule has 7 nitrogen and oxygen atoms in total. The van der Waals surface area contributed by atoms with Gasteiger partial charge in [-0.1, -0.05) is 0 Å². The number of carbonyl (C=O) groups is 2. The average Bonchev–Trinajstić information content (AvgIpc) is 2.79. The van der Waals surface area contributed by atoms with Gasteiger partial charge in [0.2, 0.25) is 5.91 Å². The number of aromatic nitrogens is 1. The minimum Gasteiger partial charge on any atom is -0.444 e. The van der Waals surface area contributed by atoms with Crippen LogP contribution in [0.3, 0.4) is 0 Å². The van der Waals surface area contributed by atoms with Crippen LogP contribution in [0.1, 0.15) is 26.5 Å². The third-order valence-corrected chi connectivity index (χ3v) is 4.59. The summed E-state index contributed by atoms with van der Waals surface area (Å²) in [5.74, 6) is -0.0664. The molecule has 1 aliphatic rings. The number of rotatable bonds is 2. The molecule has 1 aromatic heterocycles. The largest absolute Gasteiger partial charge is 0.444 e. The smallest absolute Gasteiger partial charge is 0.410 e. The fourth-order valence-corrected chi connectivity index (χ4v) is 3.16. The molecular weight excluding hydrogens is 316 g/mol. The second kappa shape index (κ2) is 6.74. The Balaban J connectivity index is 1.98. The van der Waals surface area contributed by atoms with Crippen LogP contribution in [-0.4, -0.2) is 58.7 Å². The van der Waals surface area contributed by atoms with Crippen LogP contribution in [0.4, 0.5) is 4.79 Å². The van der Waals surface area contributed by atoms with Crippen molar-refractivity contribution < 1.29 is 14.3 Å². The lowest BCUT2D eigenvalue weighted by Gasteiger charge is -2.35. The van der Waals surface area contributed by atoms with Crippen LogP contribution >= 0.6 is 11.3 Å². The van der Waals surface area contributed by atoms with Gasteiger partial charge < -0.3 is 14.2 Å². The van der Waals surface area contributed by atoms with Crippen LogP contribution in [0.5, 0.6) is 0 Å². The first-order valence-corrected chi connectivity index (χ1v) is 8.41. The molecule has 0 radical (unpaired) electrons. The van der Waals surface area contributed by atoms with Gasteiger partial charge in [0.1, 0.15) is 12.1 Å². The summed E-state index contributed by atoms with van der Waals surface area (Å²) in [6, 6.07) is 0. The molecule has 1 fully saturated rings. The predicted molar refractivity (Wildman–Crippen MR) is 88.0 cm³/mol. The summed E-state index contributed by atoms with van der Waals surface area (Å²) in [6.07, 6.45) is -0.432. The van der Waals surface area contributed by atoms with Gasteiger partial charge in [0, 0.05) is 38.3 Å². The molecule has 2 amide bonds. The summed E-state index contributed by atoms with van der Waals surface area (Å²) in [4.78, 5) is 32.7. The van der Waals surface area contributed by atoms with E-state index in [0.717, 1.165) is 10.5 Å². The van der Waals surface area contributed by atoms with E-state index in [1.165, 1.54) is 4.90 Å². The van der Waals surface area contributed by atoms with Crippen molar-refractivity contribution in [1.29, 1.82) is 0 Å². The normalized spacial score (nSPS) is 16.9. The van der Waals surface area contributed by atoms with Crippen molar-refractivity contribution in [1.82, 2.24) is 14.4 Å². The van der Waals surface area contributed by atoms with E-state index in [9.17, 15) is 9.59 Å². The molecule has 0 bridgehead atoms. The number of carbonyl (C=O) groups excluding carboxylic acids is 2. The monoisotopic (exact) mass is 340 g/mol. The lowest BCUT2D eigenvalue weighted by atomic mass is 10.2. The molecule has 0 saturated carbocycles. The third kappa shape index (κ3) is 4.34. The van der Waals surface area contributed by atoms with E-state index >= 15 is 0 Å². The average molecular weight is 340 g/mol. The van der Waals surface area contributed by atoms with Gasteiger partial charge >= 0.3 is 6.09 Å². The van der Waals surface area contributed by atoms with Gasteiger partial charge in [0.25, 0.3) is 0 Å². The molecule has 0 aliphatic carbocycles. The summed E-state index contributed by atoms with van der Waals surface area (Å²) in [5.41, 5.74) is 0.483. The molecule has 1 aromatic rings. The Morgan fingerprint density at radius 1 is 1.39 bits per heavy atom. The van der Waals surface area contributed by atoms with Crippen LogP contribution in [0, 0.1) is 0 Å². The highest BCUT2D eigenvalue weighted by Gasteiger charge is 2.30. The molecule has 2 rings (SSSR count). The van der Waals surface area contributed by atoms with E-state index in [2.05, 4.69) is 4.99 Å². The molecule has 128 valence electrons. The molecule has 0 spiro atoms. The maximum absolute atomic E-state index is 12.3. The zero-order valence-electron chi connectivity index (χ0n) is 14.3. The Morgan fingerprint density at radius 3 is 2.61 bits per heavy atom. The lowest BCUT2D eigenvalue weighted by molar-refractivity contribution is -0.136. The van der Waals surface area contributed by atoms with Gasteiger partial charge in [0.15, 0.2) is 4.80 Å². The molecule has 0 atom stereocenters. The number of hydrogen-bond donors (Lipinski definition) is 0. The van der Waals surface area contributed by atoms with Crippen molar-refractivity contribution in [3.05, 3.63) is 15.9 Å². The first-order chi connectivity index (χ1) is 10.7. The summed E-state index contributed by atoms with van der Waals surface area (Å²) in [5, 5.41) is 2.01. The minimum absolute atomic E-state index is 0.0633. The number of thiazole rings is 1. The molecule has 0 N–H and O–H groups in total. The second-order valence-electron chi connectivity index (χ2n) is 6.51. The van der Waals surface area contributed by atoms with Crippen molar-refractivity contribution in [3.63, 3.8) is 0 Å². The van der Waals surface area contributed by atoms with Gasteiger partial charge in [-0.15, -0.1) is 11.3 Å². The fourth-order valence-electron chi connectivity index (χ4n) is 2.30. The van der Waals surface area contributed by atoms with Crippen molar-refractivity contribution in [2.45, 2.75) is 32.9 Å². The Bertz CT molecular complexity index is 656. The molecule has 23 heavy (non-hydrogen) atoms. The van der Waals surface area contributed by atoms with Gasteiger partial charge in [-0.2, -0.15) is 0 Å². The first kappa shape index (κ1) is 17.5. The van der Waals surface area contributed by atoms with Crippen LogP contribution in [-0.2, 0) is 23.1 Å². The van der Waals surface area contributed by atoms with E-state index in [-0.39, 0.29) is 12.5 Å². The van der Waals surface area contributed by atoms with E-state index in [0.29, 0.717) is 19.6 Å². The number of amides is 2. The van der Waals surface area contributed by atoms with Crippen LogP contribution < -0.4 is 4.80 Å². The van der Waals surface area contributed by atoms with E-state index < -0.39 is 11.7 Å². The van der Waals surface area contributed by atoms with Gasteiger partial charge in [-0.3, -0.25) is 14.7 Å². The molecular formula is C15H24N4O3S.